The summed E-state index contributed by atoms with van der Waals surface area (Å²) >= 11 is 0. The van der Waals surface area contributed by atoms with Crippen molar-refractivity contribution in [2.24, 2.45) is 5.73 Å². The molecule has 1 aromatic heterocycles. The number of benzene rings is 2. The summed E-state index contributed by atoms with van der Waals surface area (Å²) in [7, 11) is 0. The highest BCUT2D eigenvalue weighted by atomic mass is 16.5. The van der Waals surface area contributed by atoms with Gasteiger partial charge in [-0.1, -0.05) is 24.3 Å². The highest BCUT2D eigenvalue weighted by molar-refractivity contribution is 5.80. The van der Waals surface area contributed by atoms with Gasteiger partial charge in [0.15, 0.2) is 0 Å². The molecule has 2 aromatic carbocycles. The largest absolute Gasteiger partial charge is 0.489 e. The molecule has 0 aliphatic heterocycles. The van der Waals surface area contributed by atoms with Gasteiger partial charge in [-0.05, 0) is 42.3 Å². The second-order valence-corrected chi connectivity index (χ2v) is 5.84. The summed E-state index contributed by atoms with van der Waals surface area (Å²) < 4.78 is 5.85. The van der Waals surface area contributed by atoms with Crippen molar-refractivity contribution in [2.75, 3.05) is 0 Å². The van der Waals surface area contributed by atoms with Crippen LogP contribution in [0.1, 0.15) is 18.1 Å². The van der Waals surface area contributed by atoms with Gasteiger partial charge in [-0.2, -0.15) is 0 Å². The Labute approximate surface area is 140 Å². The van der Waals surface area contributed by atoms with Crippen molar-refractivity contribution in [1.82, 2.24) is 10.3 Å². The van der Waals surface area contributed by atoms with E-state index >= 15 is 0 Å². The molecule has 124 valence electrons. The molecule has 0 radical (unpaired) electrons. The number of aromatic amines is 1. The number of primary amides is 1. The second kappa shape index (κ2) is 7.19. The zero-order valence-electron chi connectivity index (χ0n) is 13.6. The van der Waals surface area contributed by atoms with E-state index in [2.05, 4.69) is 10.3 Å². The molecule has 24 heavy (non-hydrogen) atoms. The third kappa shape index (κ3) is 3.94. The summed E-state index contributed by atoms with van der Waals surface area (Å²) in [6.45, 7) is 2.88. The molecule has 0 spiro atoms. The molecule has 1 heterocycles. The van der Waals surface area contributed by atoms with E-state index < -0.39 is 0 Å². The molecule has 0 saturated heterocycles. The van der Waals surface area contributed by atoms with E-state index in [-0.39, 0.29) is 11.9 Å². The van der Waals surface area contributed by atoms with Crippen LogP contribution in [0.2, 0.25) is 0 Å². The van der Waals surface area contributed by atoms with Crippen molar-refractivity contribution in [1.29, 1.82) is 0 Å². The Bertz CT molecular complexity index is 824. The first-order valence-electron chi connectivity index (χ1n) is 7.92. The monoisotopic (exact) mass is 323 g/mol. The maximum absolute atomic E-state index is 11.0. The van der Waals surface area contributed by atoms with Gasteiger partial charge >= 0.3 is 0 Å². The van der Waals surface area contributed by atoms with Crippen LogP contribution >= 0.6 is 0 Å². The van der Waals surface area contributed by atoms with Gasteiger partial charge in [0.05, 0.1) is 6.04 Å². The molecule has 0 fully saturated rings. The third-order valence-electron chi connectivity index (χ3n) is 3.99. The van der Waals surface area contributed by atoms with Gasteiger partial charge in [0.2, 0.25) is 5.91 Å². The minimum Gasteiger partial charge on any atom is -0.489 e. The zero-order valence-corrected chi connectivity index (χ0v) is 13.6. The first-order chi connectivity index (χ1) is 11.6. The molecule has 0 saturated carbocycles. The van der Waals surface area contributed by atoms with E-state index in [0.717, 1.165) is 27.8 Å². The average molecular weight is 323 g/mol. The molecule has 1 atom stereocenters. The Morgan fingerprint density at radius 2 is 1.92 bits per heavy atom. The fraction of sp³-hybridized carbons (Fsp3) is 0.211. The molecule has 1 amide bonds. The Morgan fingerprint density at radius 1 is 1.17 bits per heavy atom. The number of rotatable bonds is 7. The number of carbonyl (C=O) groups is 1. The van der Waals surface area contributed by atoms with E-state index in [9.17, 15) is 4.79 Å². The number of nitrogens with one attached hydrogen (secondary N) is 2. The van der Waals surface area contributed by atoms with Crippen molar-refractivity contribution in [2.45, 2.75) is 26.1 Å². The van der Waals surface area contributed by atoms with Gasteiger partial charge < -0.3 is 20.8 Å². The van der Waals surface area contributed by atoms with Crippen LogP contribution in [-0.4, -0.2) is 16.9 Å². The van der Waals surface area contributed by atoms with Crippen LogP contribution in [0.5, 0.6) is 5.75 Å². The van der Waals surface area contributed by atoms with E-state index in [0.29, 0.717) is 13.2 Å². The number of ether oxygens (including phenoxy) is 1. The van der Waals surface area contributed by atoms with Crippen LogP contribution in [0.25, 0.3) is 10.9 Å². The minimum atomic E-state index is -0.348. The summed E-state index contributed by atoms with van der Waals surface area (Å²) in [5, 5.41) is 4.22. The maximum Gasteiger partial charge on any atom is 0.234 e. The number of fused-ring (bicyclic) bond motifs is 1. The van der Waals surface area contributed by atoms with Crippen LogP contribution in [0.4, 0.5) is 0 Å². The number of nitrogens with two attached hydrogens (primary N) is 1. The summed E-state index contributed by atoms with van der Waals surface area (Å²) in [6.07, 6.45) is 1.92. The summed E-state index contributed by atoms with van der Waals surface area (Å²) in [5.41, 5.74) is 8.52. The maximum atomic E-state index is 11.0. The molecule has 3 rings (SSSR count). The molecular weight excluding hydrogens is 302 g/mol. The van der Waals surface area contributed by atoms with Crippen molar-refractivity contribution in [3.63, 3.8) is 0 Å². The molecule has 3 aromatic rings. The molecule has 5 nitrogen and oxygen atoms in total. The van der Waals surface area contributed by atoms with Crippen LogP contribution in [0.3, 0.4) is 0 Å². The van der Waals surface area contributed by atoms with Crippen molar-refractivity contribution in [3.8, 4) is 5.75 Å². The van der Waals surface area contributed by atoms with Gasteiger partial charge in [-0.15, -0.1) is 0 Å². The second-order valence-electron chi connectivity index (χ2n) is 5.84. The predicted octanol–water partition coefficient (Wildman–Crippen LogP) is 2.71. The fourth-order valence-electron chi connectivity index (χ4n) is 2.41. The van der Waals surface area contributed by atoms with Crippen LogP contribution < -0.4 is 15.8 Å². The molecular formula is C19H21N3O2. The van der Waals surface area contributed by atoms with Gasteiger partial charge in [-0.3, -0.25) is 4.79 Å². The SMILES string of the molecule is C[C@H](NCc1ccc(COc2ccc3[nH]ccc3c2)cc1)C(N)=O. The Kier molecular flexibility index (Phi) is 4.82. The molecule has 0 aliphatic carbocycles. The number of H-pyrrole nitrogens is 1. The average Bonchev–Trinajstić information content (AvgIpc) is 3.06. The van der Waals surface area contributed by atoms with Gasteiger partial charge in [0, 0.05) is 23.6 Å². The van der Waals surface area contributed by atoms with E-state index in [1.54, 1.807) is 6.92 Å². The van der Waals surface area contributed by atoms with E-state index in [1.807, 2.05) is 54.7 Å². The molecule has 4 N–H and O–H groups in total. The lowest BCUT2D eigenvalue weighted by atomic mass is 10.1. The lowest BCUT2D eigenvalue weighted by Crippen LogP contribution is -2.38. The van der Waals surface area contributed by atoms with Gasteiger partial charge in [-0.25, -0.2) is 0 Å². The van der Waals surface area contributed by atoms with Crippen LogP contribution in [0, 0.1) is 0 Å². The first kappa shape index (κ1) is 16.1. The van der Waals surface area contributed by atoms with Crippen LogP contribution in [-0.2, 0) is 17.9 Å². The third-order valence-corrected chi connectivity index (χ3v) is 3.99. The quantitative estimate of drug-likeness (QED) is 0.625. The van der Waals surface area contributed by atoms with Gasteiger partial charge in [0.1, 0.15) is 12.4 Å². The molecule has 0 bridgehead atoms. The minimum absolute atomic E-state index is 0.337. The Morgan fingerprint density at radius 3 is 2.67 bits per heavy atom. The normalized spacial score (nSPS) is 12.2. The van der Waals surface area contributed by atoms with Crippen molar-refractivity contribution >= 4 is 16.8 Å². The summed E-state index contributed by atoms with van der Waals surface area (Å²) in [6, 6.07) is 15.8. The molecule has 0 unspecified atom stereocenters. The lowest BCUT2D eigenvalue weighted by molar-refractivity contribution is -0.119. The Balaban J connectivity index is 1.54. The molecule has 5 heteroatoms. The van der Waals surface area contributed by atoms with Crippen LogP contribution in [0.15, 0.2) is 54.7 Å². The summed E-state index contributed by atoms with van der Waals surface area (Å²) in [5.74, 6) is 0.502. The van der Waals surface area contributed by atoms with Crippen molar-refractivity contribution < 1.29 is 9.53 Å². The van der Waals surface area contributed by atoms with Gasteiger partial charge in [0.25, 0.3) is 0 Å². The van der Waals surface area contributed by atoms with Crippen molar-refractivity contribution in [3.05, 3.63) is 65.9 Å². The highest BCUT2D eigenvalue weighted by Gasteiger charge is 2.07. The first-order valence-corrected chi connectivity index (χ1v) is 7.92. The number of hydrogen-bond acceptors (Lipinski definition) is 3. The smallest absolute Gasteiger partial charge is 0.234 e. The predicted molar refractivity (Wildman–Crippen MR) is 94.6 cm³/mol. The standard InChI is InChI=1S/C19H21N3O2/c1-13(19(20)23)22-11-14-2-4-15(5-3-14)12-24-17-6-7-18-16(10-17)8-9-21-18/h2-10,13,21-22H,11-12H2,1H3,(H2,20,23)/t13-/m0/s1. The number of carbonyl (C=O) groups excluding carboxylic acids is 1. The fourth-order valence-corrected chi connectivity index (χ4v) is 2.41. The number of hydrogen-bond donors (Lipinski definition) is 3. The number of aromatic nitrogens is 1. The number of amides is 1. The highest BCUT2D eigenvalue weighted by Crippen LogP contribution is 2.20. The topological polar surface area (TPSA) is 80.1 Å². The zero-order chi connectivity index (χ0) is 16.9. The van der Waals surface area contributed by atoms with E-state index in [4.69, 9.17) is 10.5 Å². The lowest BCUT2D eigenvalue weighted by Gasteiger charge is -2.11. The molecule has 0 aliphatic rings. The van der Waals surface area contributed by atoms with E-state index in [1.165, 1.54) is 0 Å². The summed E-state index contributed by atoms with van der Waals surface area (Å²) in [4.78, 5) is 14.2. The Hall–Kier alpha value is -2.79.